The Morgan fingerprint density at radius 1 is 1.29 bits per heavy atom. The third-order valence-corrected chi connectivity index (χ3v) is 3.53. The van der Waals surface area contributed by atoms with E-state index in [1.807, 2.05) is 18.2 Å². The molecule has 2 unspecified atom stereocenters. The van der Waals surface area contributed by atoms with Gasteiger partial charge in [-0.2, -0.15) is 0 Å². The average Bonchev–Trinajstić information content (AvgIpc) is 2.66. The first-order chi connectivity index (χ1) is 8.36. The number of para-hydroxylation sites is 2. The molecule has 2 aliphatic rings. The Kier molecular flexibility index (Phi) is 2.91. The zero-order valence-corrected chi connectivity index (χ0v) is 9.80. The summed E-state index contributed by atoms with van der Waals surface area (Å²) < 4.78 is 5.73. The van der Waals surface area contributed by atoms with Gasteiger partial charge in [-0.25, -0.2) is 0 Å². The summed E-state index contributed by atoms with van der Waals surface area (Å²) in [7, 11) is 0. The van der Waals surface area contributed by atoms with Gasteiger partial charge in [-0.3, -0.25) is 0 Å². The van der Waals surface area contributed by atoms with Crippen LogP contribution in [0.2, 0.25) is 0 Å². The number of aliphatic hydroxyl groups is 1. The van der Waals surface area contributed by atoms with E-state index < -0.39 is 0 Å². The number of hydrogen-bond acceptors (Lipinski definition) is 4. The second kappa shape index (κ2) is 4.55. The molecule has 2 N–H and O–H groups in total. The molecule has 1 fully saturated rings. The number of ether oxygens (including phenoxy) is 1. The molecule has 4 nitrogen and oxygen atoms in total. The Balaban J connectivity index is 1.93. The van der Waals surface area contributed by atoms with Gasteiger partial charge in [-0.05, 0) is 18.6 Å². The molecular weight excluding hydrogens is 216 g/mol. The van der Waals surface area contributed by atoms with Gasteiger partial charge in [-0.1, -0.05) is 12.1 Å². The lowest BCUT2D eigenvalue weighted by atomic mass is 10.1. The zero-order valence-electron chi connectivity index (χ0n) is 9.80. The van der Waals surface area contributed by atoms with Crippen molar-refractivity contribution in [1.82, 2.24) is 5.32 Å². The van der Waals surface area contributed by atoms with Crippen LogP contribution in [0.3, 0.4) is 0 Å². The van der Waals surface area contributed by atoms with Crippen molar-refractivity contribution in [3.05, 3.63) is 24.3 Å². The number of benzene rings is 1. The molecule has 2 atom stereocenters. The van der Waals surface area contributed by atoms with E-state index in [1.165, 1.54) is 0 Å². The summed E-state index contributed by atoms with van der Waals surface area (Å²) in [6, 6.07) is 8.26. The van der Waals surface area contributed by atoms with E-state index in [0.29, 0.717) is 6.54 Å². The monoisotopic (exact) mass is 234 g/mol. The highest BCUT2D eigenvalue weighted by Gasteiger charge is 2.32. The van der Waals surface area contributed by atoms with E-state index in [4.69, 9.17) is 4.74 Å². The highest BCUT2D eigenvalue weighted by atomic mass is 16.5. The van der Waals surface area contributed by atoms with E-state index in [0.717, 1.165) is 37.6 Å². The molecule has 0 bridgehead atoms. The first-order valence-electron chi connectivity index (χ1n) is 6.23. The Hall–Kier alpha value is -1.26. The quantitative estimate of drug-likeness (QED) is 0.747. The Morgan fingerprint density at radius 3 is 3.00 bits per heavy atom. The Labute approximate surface area is 101 Å². The maximum Gasteiger partial charge on any atom is 0.142 e. The van der Waals surface area contributed by atoms with Crippen LogP contribution in [0.4, 0.5) is 5.69 Å². The molecule has 0 radical (unpaired) electrons. The van der Waals surface area contributed by atoms with Gasteiger partial charge in [0.15, 0.2) is 0 Å². The minimum absolute atomic E-state index is 0.165. The molecule has 0 saturated carbocycles. The lowest BCUT2D eigenvalue weighted by molar-refractivity contribution is 0.174. The predicted molar refractivity (Wildman–Crippen MR) is 66.6 cm³/mol. The molecule has 0 amide bonds. The second-order valence-corrected chi connectivity index (χ2v) is 4.66. The third-order valence-electron chi connectivity index (χ3n) is 3.53. The van der Waals surface area contributed by atoms with E-state index in [2.05, 4.69) is 16.3 Å². The molecule has 2 aliphatic heterocycles. The summed E-state index contributed by atoms with van der Waals surface area (Å²) in [5, 5.41) is 13.3. The molecule has 0 spiro atoms. The maximum atomic E-state index is 10.0. The Morgan fingerprint density at radius 2 is 2.18 bits per heavy atom. The van der Waals surface area contributed by atoms with Crippen molar-refractivity contribution in [3.8, 4) is 5.75 Å². The highest BCUT2D eigenvalue weighted by Crippen LogP contribution is 2.32. The van der Waals surface area contributed by atoms with Gasteiger partial charge >= 0.3 is 0 Å². The van der Waals surface area contributed by atoms with Crippen LogP contribution < -0.4 is 15.0 Å². The van der Waals surface area contributed by atoms with E-state index in [-0.39, 0.29) is 12.1 Å². The first-order valence-corrected chi connectivity index (χ1v) is 6.23. The Bertz CT molecular complexity index is 397. The molecular formula is C13H18N2O2. The summed E-state index contributed by atoms with van der Waals surface area (Å²) in [6.07, 6.45) is 0.707. The van der Waals surface area contributed by atoms with Crippen LogP contribution in [0.25, 0.3) is 0 Å². The fraction of sp³-hybridized carbons (Fsp3) is 0.538. The molecule has 0 aromatic heterocycles. The number of fused-ring (bicyclic) bond motifs is 1. The van der Waals surface area contributed by atoms with Crippen molar-refractivity contribution in [2.45, 2.75) is 18.6 Å². The van der Waals surface area contributed by atoms with Crippen molar-refractivity contribution >= 4 is 5.69 Å². The zero-order chi connectivity index (χ0) is 11.7. The number of aliphatic hydroxyl groups excluding tert-OH is 1. The molecule has 4 heteroatoms. The van der Waals surface area contributed by atoms with Crippen molar-refractivity contribution < 1.29 is 9.84 Å². The SMILES string of the molecule is OC1CNCC1N1CCCOc2ccccc21. The van der Waals surface area contributed by atoms with E-state index in [9.17, 15) is 5.11 Å². The fourth-order valence-electron chi connectivity index (χ4n) is 2.67. The van der Waals surface area contributed by atoms with Crippen LogP contribution in [0.5, 0.6) is 5.75 Å². The third kappa shape index (κ3) is 1.98. The normalized spacial score (nSPS) is 28.4. The minimum Gasteiger partial charge on any atom is -0.491 e. The molecule has 0 aliphatic carbocycles. The topological polar surface area (TPSA) is 44.7 Å². The molecule has 17 heavy (non-hydrogen) atoms. The second-order valence-electron chi connectivity index (χ2n) is 4.66. The number of rotatable bonds is 1. The lowest BCUT2D eigenvalue weighted by Gasteiger charge is -2.31. The molecule has 1 aromatic carbocycles. The van der Waals surface area contributed by atoms with Crippen molar-refractivity contribution in [2.75, 3.05) is 31.1 Å². The van der Waals surface area contributed by atoms with Gasteiger partial charge < -0.3 is 20.1 Å². The highest BCUT2D eigenvalue weighted by molar-refractivity contribution is 5.60. The average molecular weight is 234 g/mol. The molecule has 1 aromatic rings. The van der Waals surface area contributed by atoms with Gasteiger partial charge in [0.1, 0.15) is 5.75 Å². The summed E-state index contributed by atoms with van der Waals surface area (Å²) in [5.41, 5.74) is 1.11. The van der Waals surface area contributed by atoms with Crippen LogP contribution in [0.1, 0.15) is 6.42 Å². The van der Waals surface area contributed by atoms with Crippen LogP contribution >= 0.6 is 0 Å². The summed E-state index contributed by atoms with van der Waals surface area (Å²) in [6.45, 7) is 3.23. The number of nitrogens with zero attached hydrogens (tertiary/aromatic N) is 1. The van der Waals surface area contributed by atoms with Crippen molar-refractivity contribution in [1.29, 1.82) is 0 Å². The standard InChI is InChI=1S/C13H18N2O2/c16-12-9-14-8-11(12)15-6-3-7-17-13-5-2-1-4-10(13)15/h1-2,4-5,11-12,14,16H,3,6-9H2. The largest absolute Gasteiger partial charge is 0.491 e. The van der Waals surface area contributed by atoms with Crippen molar-refractivity contribution in [2.24, 2.45) is 0 Å². The van der Waals surface area contributed by atoms with Crippen LogP contribution in [-0.2, 0) is 0 Å². The minimum atomic E-state index is -0.291. The number of nitrogens with one attached hydrogen (secondary N) is 1. The van der Waals surface area contributed by atoms with Crippen molar-refractivity contribution in [3.63, 3.8) is 0 Å². The van der Waals surface area contributed by atoms with Gasteiger partial charge in [0.05, 0.1) is 24.4 Å². The number of β-amino-alcohol motifs (C(OH)–C–C–N with tert-alkyl or cyclic N) is 1. The fourth-order valence-corrected chi connectivity index (χ4v) is 2.67. The van der Waals surface area contributed by atoms with Crippen LogP contribution in [-0.4, -0.2) is 43.5 Å². The van der Waals surface area contributed by atoms with Gasteiger partial charge in [-0.15, -0.1) is 0 Å². The predicted octanol–water partition coefficient (Wildman–Crippen LogP) is 0.608. The van der Waals surface area contributed by atoms with Crippen LogP contribution in [0, 0.1) is 0 Å². The molecule has 3 rings (SSSR count). The summed E-state index contributed by atoms with van der Waals surface area (Å²) in [4.78, 5) is 2.28. The maximum absolute atomic E-state index is 10.0. The molecule has 1 saturated heterocycles. The van der Waals surface area contributed by atoms with Crippen LogP contribution in [0.15, 0.2) is 24.3 Å². The smallest absolute Gasteiger partial charge is 0.142 e. The van der Waals surface area contributed by atoms with Gasteiger partial charge in [0.25, 0.3) is 0 Å². The first kappa shape index (κ1) is 10.9. The van der Waals surface area contributed by atoms with E-state index in [1.54, 1.807) is 0 Å². The molecule has 92 valence electrons. The summed E-state index contributed by atoms with van der Waals surface area (Å²) >= 11 is 0. The lowest BCUT2D eigenvalue weighted by Crippen LogP contribution is -2.43. The molecule has 2 heterocycles. The van der Waals surface area contributed by atoms with E-state index >= 15 is 0 Å². The number of anilines is 1. The number of hydrogen-bond donors (Lipinski definition) is 2. The summed E-state index contributed by atoms with van der Waals surface area (Å²) in [5.74, 6) is 0.934. The van der Waals surface area contributed by atoms with Gasteiger partial charge in [0.2, 0.25) is 0 Å². The van der Waals surface area contributed by atoms with Gasteiger partial charge in [0, 0.05) is 19.6 Å².